The van der Waals surface area contributed by atoms with Crippen LogP contribution in [0.3, 0.4) is 0 Å². The number of hydrogen-bond acceptors (Lipinski definition) is 6. The highest BCUT2D eigenvalue weighted by molar-refractivity contribution is 5.94. The second-order valence-electron chi connectivity index (χ2n) is 10.9. The summed E-state index contributed by atoms with van der Waals surface area (Å²) >= 11 is 0. The number of hydrogen-bond donors (Lipinski definition) is 3. The van der Waals surface area contributed by atoms with E-state index in [-0.39, 0.29) is 12.0 Å². The van der Waals surface area contributed by atoms with Crippen molar-refractivity contribution in [3.8, 4) is 0 Å². The van der Waals surface area contributed by atoms with Gasteiger partial charge in [-0.3, -0.25) is 4.79 Å². The first-order valence-electron chi connectivity index (χ1n) is 13.9. The Balaban J connectivity index is 1.38. The summed E-state index contributed by atoms with van der Waals surface area (Å²) in [6.07, 6.45) is 11.7. The largest absolute Gasteiger partial charge is 0.399 e. The van der Waals surface area contributed by atoms with Gasteiger partial charge >= 0.3 is 0 Å². The maximum atomic E-state index is 13.0. The van der Waals surface area contributed by atoms with Crippen molar-refractivity contribution < 1.29 is 9.90 Å². The lowest BCUT2D eigenvalue weighted by molar-refractivity contribution is 0.0713. The molecule has 3 heterocycles. The molecular weight excluding hydrogens is 464 g/mol. The van der Waals surface area contributed by atoms with Crippen molar-refractivity contribution in [1.29, 1.82) is 0 Å². The van der Waals surface area contributed by atoms with E-state index in [1.54, 1.807) is 12.1 Å². The summed E-state index contributed by atoms with van der Waals surface area (Å²) in [7, 11) is 0. The summed E-state index contributed by atoms with van der Waals surface area (Å²) in [5, 5.41) is 14.7. The second-order valence-corrected chi connectivity index (χ2v) is 10.9. The van der Waals surface area contributed by atoms with Gasteiger partial charge in [0.15, 0.2) is 0 Å². The number of carbonyl (C=O) groups is 1. The minimum Gasteiger partial charge on any atom is -0.399 e. The standard InChI is InChI=1S/C29H40N6O2/c1-3-4-19(2)32-29-31-17-25-26(18-35(27(25)33-29)23-9-11-24(36)12-10-23)20-13-15-34(16-14-20)28(37)21-5-7-22(30)8-6-21/h5-8,17-20,23-24,36H,3-4,9-16,30H2,1-2H3,(H,31,32,33). The number of anilines is 2. The molecule has 1 aliphatic heterocycles. The van der Waals surface area contributed by atoms with Crippen molar-refractivity contribution in [2.45, 2.75) is 89.3 Å². The molecular formula is C29H40N6O2. The van der Waals surface area contributed by atoms with Gasteiger partial charge in [-0.05, 0) is 87.6 Å². The topological polar surface area (TPSA) is 109 Å². The van der Waals surface area contributed by atoms with Crippen LogP contribution in [0.4, 0.5) is 11.6 Å². The second kappa shape index (κ2) is 11.1. The van der Waals surface area contributed by atoms with E-state index in [1.165, 1.54) is 5.56 Å². The van der Waals surface area contributed by atoms with E-state index in [4.69, 9.17) is 15.7 Å². The fourth-order valence-electron chi connectivity index (χ4n) is 5.99. The highest BCUT2D eigenvalue weighted by Gasteiger charge is 2.29. The Bertz CT molecular complexity index is 1210. The number of nitrogen functional groups attached to an aromatic ring is 1. The molecule has 3 aromatic rings. The molecule has 8 heteroatoms. The summed E-state index contributed by atoms with van der Waals surface area (Å²) in [5.74, 6) is 1.11. The number of nitrogens with zero attached hydrogens (tertiary/aromatic N) is 4. The summed E-state index contributed by atoms with van der Waals surface area (Å²) in [4.78, 5) is 24.7. The van der Waals surface area contributed by atoms with Gasteiger partial charge in [0.25, 0.3) is 5.91 Å². The first-order valence-corrected chi connectivity index (χ1v) is 13.9. The minimum absolute atomic E-state index is 0.0712. The van der Waals surface area contributed by atoms with Crippen molar-refractivity contribution in [2.75, 3.05) is 24.1 Å². The van der Waals surface area contributed by atoms with Crippen LogP contribution < -0.4 is 11.1 Å². The SMILES string of the molecule is CCCC(C)Nc1ncc2c(C3CCN(C(=O)c4ccc(N)cc4)CC3)cn(C3CCC(O)CC3)c2n1. The molecule has 2 aromatic heterocycles. The Hall–Kier alpha value is -3.13. The number of aliphatic hydroxyl groups excluding tert-OH is 1. The van der Waals surface area contributed by atoms with Crippen molar-refractivity contribution in [3.63, 3.8) is 0 Å². The van der Waals surface area contributed by atoms with Crippen LogP contribution in [0.25, 0.3) is 11.0 Å². The quantitative estimate of drug-likeness (QED) is 0.386. The Kier molecular flexibility index (Phi) is 7.65. The highest BCUT2D eigenvalue weighted by atomic mass is 16.3. The average molecular weight is 505 g/mol. The van der Waals surface area contributed by atoms with Crippen LogP contribution in [0.15, 0.2) is 36.7 Å². The normalized spacial score (nSPS) is 21.8. The molecule has 1 atom stereocenters. The Morgan fingerprint density at radius 1 is 1.14 bits per heavy atom. The predicted octanol–water partition coefficient (Wildman–Crippen LogP) is 5.11. The van der Waals surface area contributed by atoms with Crippen LogP contribution in [-0.4, -0.2) is 55.7 Å². The Morgan fingerprint density at radius 2 is 1.84 bits per heavy atom. The van der Waals surface area contributed by atoms with Gasteiger partial charge in [0, 0.05) is 54.2 Å². The zero-order valence-corrected chi connectivity index (χ0v) is 22.1. The molecule has 1 amide bonds. The van der Waals surface area contributed by atoms with E-state index in [2.05, 4.69) is 29.9 Å². The number of fused-ring (bicyclic) bond motifs is 1. The first-order chi connectivity index (χ1) is 17.9. The Labute approximate surface area is 219 Å². The van der Waals surface area contributed by atoms with E-state index >= 15 is 0 Å². The van der Waals surface area contributed by atoms with Crippen LogP contribution >= 0.6 is 0 Å². The van der Waals surface area contributed by atoms with Crippen molar-refractivity contribution in [2.24, 2.45) is 0 Å². The molecule has 1 aromatic carbocycles. The molecule has 0 bridgehead atoms. The first kappa shape index (κ1) is 25.5. The number of amides is 1. The lowest BCUT2D eigenvalue weighted by atomic mass is 9.89. The number of nitrogens with one attached hydrogen (secondary N) is 1. The van der Waals surface area contributed by atoms with E-state index in [1.807, 2.05) is 23.2 Å². The van der Waals surface area contributed by atoms with E-state index in [0.717, 1.165) is 75.5 Å². The maximum Gasteiger partial charge on any atom is 0.253 e. The molecule has 2 fully saturated rings. The third-order valence-corrected chi connectivity index (χ3v) is 8.14. The number of benzene rings is 1. The van der Waals surface area contributed by atoms with Gasteiger partial charge in [-0.2, -0.15) is 4.98 Å². The summed E-state index contributed by atoms with van der Waals surface area (Å²) < 4.78 is 2.35. The van der Waals surface area contributed by atoms with Crippen molar-refractivity contribution in [1.82, 2.24) is 19.4 Å². The lowest BCUT2D eigenvalue weighted by Crippen LogP contribution is -2.37. The lowest BCUT2D eigenvalue weighted by Gasteiger charge is -2.32. The molecule has 1 saturated carbocycles. The van der Waals surface area contributed by atoms with Crippen LogP contribution in [0.5, 0.6) is 0 Å². The van der Waals surface area contributed by atoms with Crippen LogP contribution in [0, 0.1) is 0 Å². The molecule has 1 aliphatic carbocycles. The summed E-state index contributed by atoms with van der Waals surface area (Å²) in [6.45, 7) is 5.81. The molecule has 8 nitrogen and oxygen atoms in total. The number of rotatable bonds is 7. The molecule has 2 aliphatic rings. The molecule has 37 heavy (non-hydrogen) atoms. The molecule has 1 unspecified atom stereocenters. The molecule has 4 N–H and O–H groups in total. The molecule has 5 rings (SSSR count). The van der Waals surface area contributed by atoms with E-state index in [9.17, 15) is 9.90 Å². The number of aromatic nitrogens is 3. The highest BCUT2D eigenvalue weighted by Crippen LogP contribution is 2.38. The van der Waals surface area contributed by atoms with E-state index < -0.39 is 0 Å². The predicted molar refractivity (Wildman–Crippen MR) is 148 cm³/mol. The monoisotopic (exact) mass is 504 g/mol. The summed E-state index contributed by atoms with van der Waals surface area (Å²) in [5.41, 5.74) is 9.41. The molecule has 198 valence electrons. The van der Waals surface area contributed by atoms with Crippen molar-refractivity contribution >= 4 is 28.6 Å². The smallest absolute Gasteiger partial charge is 0.253 e. The van der Waals surface area contributed by atoms with Crippen LogP contribution in [-0.2, 0) is 0 Å². The van der Waals surface area contributed by atoms with Gasteiger partial charge in [-0.15, -0.1) is 0 Å². The number of piperidine rings is 1. The van der Waals surface area contributed by atoms with Gasteiger partial charge in [0.1, 0.15) is 5.65 Å². The minimum atomic E-state index is -0.192. The Morgan fingerprint density at radius 3 is 2.51 bits per heavy atom. The number of carbonyl (C=O) groups excluding carboxylic acids is 1. The van der Waals surface area contributed by atoms with Gasteiger partial charge in [-0.25, -0.2) is 4.98 Å². The summed E-state index contributed by atoms with van der Waals surface area (Å²) in [6, 6.07) is 7.84. The molecule has 0 spiro atoms. The van der Waals surface area contributed by atoms with Crippen molar-refractivity contribution in [3.05, 3.63) is 47.8 Å². The van der Waals surface area contributed by atoms with Gasteiger partial charge < -0.3 is 25.6 Å². The van der Waals surface area contributed by atoms with Crippen LogP contribution in [0.2, 0.25) is 0 Å². The number of likely N-dealkylation sites (tertiary alicyclic amines) is 1. The van der Waals surface area contributed by atoms with Gasteiger partial charge in [-0.1, -0.05) is 13.3 Å². The van der Waals surface area contributed by atoms with Crippen LogP contribution in [0.1, 0.15) is 93.1 Å². The fourth-order valence-corrected chi connectivity index (χ4v) is 5.99. The zero-order valence-electron chi connectivity index (χ0n) is 22.1. The molecule has 0 radical (unpaired) electrons. The third kappa shape index (κ3) is 5.59. The number of nitrogens with two attached hydrogens (primary N) is 1. The number of aliphatic hydroxyl groups is 1. The maximum absolute atomic E-state index is 13.0. The average Bonchev–Trinajstić information content (AvgIpc) is 3.28. The van der Waals surface area contributed by atoms with E-state index in [0.29, 0.717) is 35.2 Å². The fraction of sp³-hybridized carbons (Fsp3) is 0.552. The third-order valence-electron chi connectivity index (χ3n) is 8.14. The zero-order chi connectivity index (χ0) is 25.9. The van der Waals surface area contributed by atoms with Gasteiger partial charge in [0.05, 0.1) is 6.10 Å². The molecule has 1 saturated heterocycles. The van der Waals surface area contributed by atoms with Gasteiger partial charge in [0.2, 0.25) is 5.95 Å².